The zero-order chi connectivity index (χ0) is 18.4. The zero-order valence-electron chi connectivity index (χ0n) is 15.0. The van der Waals surface area contributed by atoms with E-state index < -0.39 is 0 Å². The number of carbonyl (C=O) groups is 1. The molecule has 0 aliphatic carbocycles. The van der Waals surface area contributed by atoms with Crippen molar-refractivity contribution in [2.45, 2.75) is 49.7 Å². The minimum Gasteiger partial charge on any atom is -0.508 e. The summed E-state index contributed by atoms with van der Waals surface area (Å²) < 4.78 is 1.62. The number of amides is 1. The maximum Gasteiger partial charge on any atom is 0.223 e. The Morgan fingerprint density at radius 3 is 2.85 bits per heavy atom. The first-order chi connectivity index (χ1) is 12.6. The van der Waals surface area contributed by atoms with Crippen LogP contribution in [0.3, 0.4) is 0 Å². The number of thioether (sulfide) groups is 1. The maximum atomic E-state index is 12.7. The van der Waals surface area contributed by atoms with Gasteiger partial charge >= 0.3 is 0 Å². The van der Waals surface area contributed by atoms with E-state index in [1.807, 2.05) is 12.1 Å². The average molecular weight is 375 g/mol. The van der Waals surface area contributed by atoms with E-state index in [2.05, 4.69) is 20.4 Å². The number of aromatic nitrogens is 4. The van der Waals surface area contributed by atoms with Gasteiger partial charge in [0.2, 0.25) is 11.1 Å². The Balaban J connectivity index is 1.49. The molecular weight excluding hydrogens is 350 g/mol. The lowest BCUT2D eigenvalue weighted by atomic mass is 9.95. The fourth-order valence-electron chi connectivity index (χ4n) is 3.34. The fourth-order valence-corrected chi connectivity index (χ4v) is 4.12. The minimum absolute atomic E-state index is 0.225. The van der Waals surface area contributed by atoms with Crippen LogP contribution >= 0.6 is 11.8 Å². The van der Waals surface area contributed by atoms with E-state index in [4.69, 9.17) is 0 Å². The summed E-state index contributed by atoms with van der Waals surface area (Å²) in [4.78, 5) is 14.8. The largest absolute Gasteiger partial charge is 0.508 e. The van der Waals surface area contributed by atoms with Crippen molar-refractivity contribution in [3.8, 4) is 5.75 Å². The Morgan fingerprint density at radius 2 is 2.12 bits per heavy atom. The fraction of sp³-hybridized carbons (Fsp3) is 0.556. The first kappa shape index (κ1) is 18.7. The van der Waals surface area contributed by atoms with Crippen LogP contribution in [0.15, 0.2) is 29.4 Å². The lowest BCUT2D eigenvalue weighted by Gasteiger charge is -2.36. The second kappa shape index (κ2) is 9.02. The molecule has 1 aliphatic rings. The topological polar surface area (TPSA) is 84.1 Å². The molecule has 1 aromatic heterocycles. The number of aromatic hydroxyl groups is 1. The van der Waals surface area contributed by atoms with E-state index in [0.29, 0.717) is 24.0 Å². The number of nitrogens with zero attached hydrogens (tertiary/aromatic N) is 5. The summed E-state index contributed by atoms with van der Waals surface area (Å²) in [7, 11) is 1.80. The van der Waals surface area contributed by atoms with Crippen molar-refractivity contribution in [3.63, 3.8) is 0 Å². The molecule has 1 N–H and O–H groups in total. The van der Waals surface area contributed by atoms with Crippen LogP contribution in [0.2, 0.25) is 0 Å². The molecule has 7 nitrogen and oxygen atoms in total. The highest BCUT2D eigenvalue weighted by Crippen LogP contribution is 2.24. The third kappa shape index (κ3) is 4.97. The zero-order valence-corrected chi connectivity index (χ0v) is 15.9. The molecule has 2 aromatic rings. The Labute approximate surface area is 157 Å². The smallest absolute Gasteiger partial charge is 0.223 e. The van der Waals surface area contributed by atoms with E-state index in [0.717, 1.165) is 37.4 Å². The molecule has 1 atom stereocenters. The van der Waals surface area contributed by atoms with Gasteiger partial charge in [0.15, 0.2) is 0 Å². The van der Waals surface area contributed by atoms with Gasteiger partial charge in [-0.15, -0.1) is 5.10 Å². The molecule has 140 valence electrons. The third-order valence-corrected chi connectivity index (χ3v) is 5.79. The van der Waals surface area contributed by atoms with E-state index >= 15 is 0 Å². The molecule has 1 aromatic carbocycles. The summed E-state index contributed by atoms with van der Waals surface area (Å²) >= 11 is 1.51. The molecule has 26 heavy (non-hydrogen) atoms. The number of likely N-dealkylation sites (tertiary alicyclic amines) is 1. The van der Waals surface area contributed by atoms with Gasteiger partial charge in [0, 0.05) is 31.8 Å². The summed E-state index contributed by atoms with van der Waals surface area (Å²) in [6.45, 7) is 0.856. The summed E-state index contributed by atoms with van der Waals surface area (Å²) in [6.07, 6.45) is 5.74. The van der Waals surface area contributed by atoms with E-state index in [9.17, 15) is 9.90 Å². The van der Waals surface area contributed by atoms with Crippen molar-refractivity contribution in [2.75, 3.05) is 12.3 Å². The first-order valence-corrected chi connectivity index (χ1v) is 10.0. The van der Waals surface area contributed by atoms with Crippen LogP contribution in [0.1, 0.15) is 37.7 Å². The summed E-state index contributed by atoms with van der Waals surface area (Å²) in [6, 6.07) is 7.66. The number of aryl methyl sites for hydroxylation is 2. The summed E-state index contributed by atoms with van der Waals surface area (Å²) in [5.41, 5.74) is 1.20. The number of carbonyl (C=O) groups excluding carboxylic acids is 1. The Morgan fingerprint density at radius 1 is 1.31 bits per heavy atom. The molecule has 0 bridgehead atoms. The van der Waals surface area contributed by atoms with Crippen LogP contribution < -0.4 is 0 Å². The predicted molar refractivity (Wildman–Crippen MR) is 99.9 cm³/mol. The van der Waals surface area contributed by atoms with Crippen LogP contribution in [-0.4, -0.2) is 54.5 Å². The van der Waals surface area contributed by atoms with E-state index in [1.54, 1.807) is 23.9 Å². The standard InChI is InChI=1S/C18H25N5O2S/c1-22-18(19-20-21-22)26-13-11-17(25)23-12-3-2-4-15(23)8-5-14-6-9-16(24)10-7-14/h6-7,9-10,15,24H,2-5,8,11-13H2,1H3/t15-/m1/s1. The number of phenolic OH excluding ortho intramolecular Hbond substituents is 1. The minimum atomic E-state index is 0.225. The van der Waals surface area contributed by atoms with Gasteiger partial charge in [-0.3, -0.25) is 4.79 Å². The highest BCUT2D eigenvalue weighted by molar-refractivity contribution is 7.99. The van der Waals surface area contributed by atoms with Crippen LogP contribution in [0, 0.1) is 0 Å². The lowest BCUT2D eigenvalue weighted by Crippen LogP contribution is -2.44. The maximum absolute atomic E-state index is 12.7. The van der Waals surface area contributed by atoms with Gasteiger partial charge in [-0.2, -0.15) is 0 Å². The van der Waals surface area contributed by atoms with Gasteiger partial charge in [0.25, 0.3) is 0 Å². The van der Waals surface area contributed by atoms with Crippen LogP contribution in [0.4, 0.5) is 0 Å². The highest BCUT2D eigenvalue weighted by Gasteiger charge is 2.26. The van der Waals surface area contributed by atoms with Gasteiger partial charge in [-0.25, -0.2) is 4.68 Å². The molecule has 1 amide bonds. The van der Waals surface area contributed by atoms with Gasteiger partial charge in [-0.05, 0) is 60.2 Å². The molecule has 0 saturated carbocycles. The second-order valence-electron chi connectivity index (χ2n) is 6.63. The van der Waals surface area contributed by atoms with Gasteiger partial charge in [0.1, 0.15) is 5.75 Å². The monoisotopic (exact) mass is 375 g/mol. The SMILES string of the molecule is Cn1nnnc1SCCC(=O)N1CCCC[C@@H]1CCc1ccc(O)cc1. The molecule has 8 heteroatoms. The van der Waals surface area contributed by atoms with Gasteiger partial charge in [0.05, 0.1) is 0 Å². The Kier molecular flexibility index (Phi) is 6.49. The van der Waals surface area contributed by atoms with Gasteiger partial charge in [-0.1, -0.05) is 23.9 Å². The van der Waals surface area contributed by atoms with E-state index in [-0.39, 0.29) is 5.91 Å². The van der Waals surface area contributed by atoms with Crippen molar-refractivity contribution in [1.82, 2.24) is 25.1 Å². The number of hydrogen-bond donors (Lipinski definition) is 1. The molecule has 1 aliphatic heterocycles. The van der Waals surface area contributed by atoms with Crippen molar-refractivity contribution < 1.29 is 9.90 Å². The number of piperidine rings is 1. The van der Waals surface area contributed by atoms with Crippen LogP contribution in [-0.2, 0) is 18.3 Å². The Bertz CT molecular complexity index is 719. The average Bonchev–Trinajstić information content (AvgIpc) is 3.06. The molecule has 0 radical (unpaired) electrons. The van der Waals surface area contributed by atoms with E-state index in [1.165, 1.54) is 23.7 Å². The molecule has 3 rings (SSSR count). The summed E-state index contributed by atoms with van der Waals surface area (Å²) in [5, 5.41) is 21.5. The quantitative estimate of drug-likeness (QED) is 0.748. The lowest BCUT2D eigenvalue weighted by molar-refractivity contribution is -0.134. The number of rotatable bonds is 7. The normalized spacial score (nSPS) is 17.4. The number of hydrogen-bond acceptors (Lipinski definition) is 6. The molecule has 1 fully saturated rings. The second-order valence-corrected chi connectivity index (χ2v) is 7.69. The predicted octanol–water partition coefficient (Wildman–Crippen LogP) is 2.41. The van der Waals surface area contributed by atoms with Gasteiger partial charge < -0.3 is 10.0 Å². The van der Waals surface area contributed by atoms with Crippen molar-refractivity contribution in [2.24, 2.45) is 7.05 Å². The number of tetrazole rings is 1. The molecule has 0 spiro atoms. The number of phenols is 1. The Hall–Kier alpha value is -2.09. The molecular formula is C18H25N5O2S. The number of benzene rings is 1. The molecule has 2 heterocycles. The van der Waals surface area contributed by atoms with Crippen LogP contribution in [0.5, 0.6) is 5.75 Å². The van der Waals surface area contributed by atoms with Crippen molar-refractivity contribution >= 4 is 17.7 Å². The van der Waals surface area contributed by atoms with Crippen LogP contribution in [0.25, 0.3) is 0 Å². The first-order valence-electron chi connectivity index (χ1n) is 9.06. The third-order valence-electron chi connectivity index (χ3n) is 4.78. The van der Waals surface area contributed by atoms with Crippen molar-refractivity contribution in [3.05, 3.63) is 29.8 Å². The molecule has 1 saturated heterocycles. The highest BCUT2D eigenvalue weighted by atomic mass is 32.2. The molecule has 0 unspecified atom stereocenters. The van der Waals surface area contributed by atoms with Crippen molar-refractivity contribution in [1.29, 1.82) is 0 Å². The summed E-state index contributed by atoms with van der Waals surface area (Å²) in [5.74, 6) is 1.20.